The van der Waals surface area contributed by atoms with E-state index in [1.807, 2.05) is 0 Å². The average molecular weight is 287 g/mol. The van der Waals surface area contributed by atoms with E-state index in [0.717, 1.165) is 5.56 Å². The number of hydrogen-bond donors (Lipinski definition) is 1. The predicted octanol–water partition coefficient (Wildman–Crippen LogP) is 2.15. The van der Waals surface area contributed by atoms with Crippen molar-refractivity contribution >= 4 is 5.69 Å². The summed E-state index contributed by atoms with van der Waals surface area (Å²) in [4.78, 5) is 22.6. The Morgan fingerprint density at radius 1 is 1.14 bits per heavy atom. The van der Waals surface area contributed by atoms with Gasteiger partial charge in [0.1, 0.15) is 0 Å². The lowest BCUT2D eigenvalue weighted by Gasteiger charge is -2.20. The Kier molecular flexibility index (Phi) is 3.65. The molecule has 1 heterocycles. The van der Waals surface area contributed by atoms with Crippen molar-refractivity contribution in [3.8, 4) is 11.3 Å². The minimum atomic E-state index is -0.719. The molecule has 6 heteroatoms. The van der Waals surface area contributed by atoms with Gasteiger partial charge in [-0.15, -0.1) is 0 Å². The van der Waals surface area contributed by atoms with E-state index >= 15 is 0 Å². The van der Waals surface area contributed by atoms with Gasteiger partial charge in [-0.05, 0) is 43.7 Å². The van der Waals surface area contributed by atoms with Gasteiger partial charge in [0.2, 0.25) is 0 Å². The quantitative estimate of drug-likeness (QED) is 0.691. The van der Waals surface area contributed by atoms with Crippen LogP contribution < -0.4 is 11.3 Å². The fourth-order valence-electron chi connectivity index (χ4n) is 2.17. The van der Waals surface area contributed by atoms with Crippen LogP contribution in [0.3, 0.4) is 0 Å². The van der Waals surface area contributed by atoms with Crippen LogP contribution in [-0.2, 0) is 12.6 Å². The Morgan fingerprint density at radius 2 is 1.71 bits per heavy atom. The Morgan fingerprint density at radius 3 is 2.19 bits per heavy atom. The number of hydrogen-bond acceptors (Lipinski definition) is 4. The van der Waals surface area contributed by atoms with Gasteiger partial charge in [-0.1, -0.05) is 0 Å². The molecule has 21 heavy (non-hydrogen) atoms. The number of nitrogens with two attached hydrogens (primary N) is 1. The number of benzene rings is 1. The zero-order chi connectivity index (χ0) is 15.8. The van der Waals surface area contributed by atoms with E-state index in [1.54, 1.807) is 45.2 Å². The van der Waals surface area contributed by atoms with Crippen molar-refractivity contribution in [1.29, 1.82) is 0 Å². The number of nitro groups is 1. The maximum absolute atomic E-state index is 12.4. The van der Waals surface area contributed by atoms with E-state index in [0.29, 0.717) is 11.3 Å². The van der Waals surface area contributed by atoms with E-state index in [2.05, 4.69) is 0 Å². The lowest BCUT2D eigenvalue weighted by Crippen LogP contribution is -2.37. The lowest BCUT2D eigenvalue weighted by molar-refractivity contribution is -0.384. The highest BCUT2D eigenvalue weighted by atomic mass is 16.6. The van der Waals surface area contributed by atoms with Crippen LogP contribution in [0.4, 0.5) is 5.69 Å². The molecular weight excluding hydrogens is 270 g/mol. The minimum Gasteiger partial charge on any atom is -0.322 e. The highest BCUT2D eigenvalue weighted by Gasteiger charge is 2.20. The number of nitrogens with zero attached hydrogens (tertiary/aromatic N) is 2. The number of non-ortho nitro benzene ring substituents is 1. The molecule has 6 nitrogen and oxygen atoms in total. The smallest absolute Gasteiger partial charge is 0.269 e. The second kappa shape index (κ2) is 5.14. The van der Waals surface area contributed by atoms with E-state index in [4.69, 9.17) is 5.73 Å². The summed E-state index contributed by atoms with van der Waals surface area (Å²) in [5.41, 5.74) is 7.05. The fraction of sp³-hybridized carbons (Fsp3) is 0.267. The third kappa shape index (κ3) is 2.85. The first-order valence-electron chi connectivity index (χ1n) is 6.46. The lowest BCUT2D eigenvalue weighted by atomic mass is 9.96. The summed E-state index contributed by atoms with van der Waals surface area (Å²) >= 11 is 0. The van der Waals surface area contributed by atoms with E-state index in [1.165, 1.54) is 16.7 Å². The second-order valence-electron chi connectivity index (χ2n) is 5.52. The third-order valence-electron chi connectivity index (χ3n) is 3.37. The van der Waals surface area contributed by atoms with E-state index in [-0.39, 0.29) is 11.2 Å². The van der Waals surface area contributed by atoms with Crippen molar-refractivity contribution in [2.24, 2.45) is 12.8 Å². The van der Waals surface area contributed by atoms with Gasteiger partial charge < -0.3 is 10.3 Å². The Balaban J connectivity index is 2.53. The Hall–Kier alpha value is -2.47. The van der Waals surface area contributed by atoms with Crippen LogP contribution in [-0.4, -0.2) is 9.49 Å². The normalized spacial score (nSPS) is 11.4. The summed E-state index contributed by atoms with van der Waals surface area (Å²) in [6, 6.07) is 9.59. The first-order chi connectivity index (χ1) is 9.71. The molecule has 0 aliphatic carbocycles. The van der Waals surface area contributed by atoms with E-state index in [9.17, 15) is 14.9 Å². The molecular formula is C15H17N3O3. The maximum atomic E-state index is 12.4. The first kappa shape index (κ1) is 14.9. The Labute approximate surface area is 122 Å². The number of rotatable bonds is 3. The van der Waals surface area contributed by atoms with Crippen molar-refractivity contribution < 1.29 is 4.92 Å². The molecule has 0 saturated carbocycles. The predicted molar refractivity (Wildman–Crippen MR) is 81.0 cm³/mol. The topological polar surface area (TPSA) is 91.2 Å². The van der Waals surface area contributed by atoms with Gasteiger partial charge in [0.25, 0.3) is 11.2 Å². The molecule has 2 rings (SSSR count). The number of nitro benzene ring substituents is 1. The largest absolute Gasteiger partial charge is 0.322 e. The summed E-state index contributed by atoms with van der Waals surface area (Å²) in [7, 11) is 1.66. The van der Waals surface area contributed by atoms with E-state index < -0.39 is 10.5 Å². The summed E-state index contributed by atoms with van der Waals surface area (Å²) < 4.78 is 1.51. The molecule has 1 aromatic heterocycles. The summed E-state index contributed by atoms with van der Waals surface area (Å²) in [5.74, 6) is 0. The van der Waals surface area contributed by atoms with Crippen LogP contribution in [0.5, 0.6) is 0 Å². The molecule has 0 bridgehead atoms. The van der Waals surface area contributed by atoms with Crippen LogP contribution in [0.15, 0.2) is 41.2 Å². The highest BCUT2D eigenvalue weighted by molar-refractivity contribution is 5.61. The third-order valence-corrected chi connectivity index (χ3v) is 3.37. The second-order valence-corrected chi connectivity index (χ2v) is 5.52. The van der Waals surface area contributed by atoms with Crippen LogP contribution >= 0.6 is 0 Å². The summed E-state index contributed by atoms with van der Waals surface area (Å²) in [5, 5.41) is 10.7. The van der Waals surface area contributed by atoms with Crippen LogP contribution in [0, 0.1) is 10.1 Å². The van der Waals surface area contributed by atoms with Crippen LogP contribution in [0.2, 0.25) is 0 Å². The highest BCUT2D eigenvalue weighted by Crippen LogP contribution is 2.22. The maximum Gasteiger partial charge on any atom is 0.269 e. The van der Waals surface area contributed by atoms with Crippen molar-refractivity contribution in [3.05, 3.63) is 62.4 Å². The molecule has 110 valence electrons. The molecule has 1 aromatic carbocycles. The molecule has 2 N–H and O–H groups in total. The molecule has 0 aliphatic rings. The van der Waals surface area contributed by atoms with Gasteiger partial charge in [0.15, 0.2) is 0 Å². The summed E-state index contributed by atoms with van der Waals surface area (Å²) in [6.07, 6.45) is 0. The number of pyridine rings is 1. The van der Waals surface area contributed by atoms with Gasteiger partial charge in [-0.25, -0.2) is 0 Å². The molecule has 0 radical (unpaired) electrons. The van der Waals surface area contributed by atoms with Gasteiger partial charge in [0, 0.05) is 30.3 Å². The molecule has 0 amide bonds. The SMILES string of the molecule is Cn1c(-c2ccc([N+](=O)[O-])cc2)ccc(C(C)(C)N)c1=O. The van der Waals surface area contributed by atoms with Crippen LogP contribution in [0.1, 0.15) is 19.4 Å². The van der Waals surface area contributed by atoms with Crippen molar-refractivity contribution in [2.45, 2.75) is 19.4 Å². The Bertz CT molecular complexity index is 740. The van der Waals surface area contributed by atoms with Crippen molar-refractivity contribution in [3.63, 3.8) is 0 Å². The van der Waals surface area contributed by atoms with Crippen molar-refractivity contribution in [1.82, 2.24) is 4.57 Å². The first-order valence-corrected chi connectivity index (χ1v) is 6.46. The molecule has 0 fully saturated rings. The van der Waals surface area contributed by atoms with Crippen molar-refractivity contribution in [2.75, 3.05) is 0 Å². The summed E-state index contributed by atoms with van der Waals surface area (Å²) in [6.45, 7) is 3.55. The van der Waals surface area contributed by atoms with Crippen LogP contribution in [0.25, 0.3) is 11.3 Å². The van der Waals surface area contributed by atoms with Gasteiger partial charge in [0.05, 0.1) is 10.6 Å². The zero-order valence-corrected chi connectivity index (χ0v) is 12.2. The van der Waals surface area contributed by atoms with Gasteiger partial charge in [-0.3, -0.25) is 14.9 Å². The molecule has 0 spiro atoms. The molecule has 0 saturated heterocycles. The monoisotopic (exact) mass is 287 g/mol. The number of aromatic nitrogens is 1. The van der Waals surface area contributed by atoms with Gasteiger partial charge >= 0.3 is 0 Å². The standard InChI is InChI=1S/C15H17N3O3/c1-15(2,16)12-8-9-13(17(3)14(12)19)10-4-6-11(7-5-10)18(20)21/h4-9H,16H2,1-3H3. The molecule has 2 aromatic rings. The zero-order valence-electron chi connectivity index (χ0n) is 12.2. The average Bonchev–Trinajstić information content (AvgIpc) is 2.40. The molecule has 0 unspecified atom stereocenters. The minimum absolute atomic E-state index is 0.0171. The fourth-order valence-corrected chi connectivity index (χ4v) is 2.17. The van der Waals surface area contributed by atoms with Gasteiger partial charge in [-0.2, -0.15) is 0 Å². The molecule has 0 aliphatic heterocycles. The molecule has 0 atom stereocenters.